The first-order valence-corrected chi connectivity index (χ1v) is 14.3. The molecular formula is C30H38O16. The first kappa shape index (κ1) is 36.3. The van der Waals surface area contributed by atoms with Crippen LogP contribution in [0.5, 0.6) is 0 Å². The fourth-order valence-corrected chi connectivity index (χ4v) is 4.88. The van der Waals surface area contributed by atoms with Crippen molar-refractivity contribution in [1.29, 1.82) is 0 Å². The molecule has 2 aliphatic heterocycles. The fraction of sp³-hybridized carbons (Fsp3) is 0.600. The van der Waals surface area contributed by atoms with E-state index in [-0.39, 0.29) is 13.2 Å². The smallest absolute Gasteiger partial charge is 0.303 e. The molecule has 0 saturated carbocycles. The Kier molecular flexibility index (Phi) is 13.4. The second-order valence-corrected chi connectivity index (χ2v) is 10.4. The molecule has 254 valence electrons. The number of esters is 6. The zero-order valence-corrected chi connectivity index (χ0v) is 26.2. The Morgan fingerprint density at radius 1 is 0.630 bits per heavy atom. The largest absolute Gasteiger partial charge is 0.463 e. The molecule has 46 heavy (non-hydrogen) atoms. The summed E-state index contributed by atoms with van der Waals surface area (Å²) in [7, 11) is 0. The molecule has 0 amide bonds. The third-order valence-corrected chi connectivity index (χ3v) is 6.50. The lowest BCUT2D eigenvalue weighted by Gasteiger charge is -2.47. The molecule has 2 heterocycles. The highest BCUT2D eigenvalue weighted by atomic mass is 16.8. The van der Waals surface area contributed by atoms with E-state index in [4.69, 9.17) is 47.4 Å². The van der Waals surface area contributed by atoms with Gasteiger partial charge in [-0.2, -0.15) is 0 Å². The zero-order chi connectivity index (χ0) is 34.0. The Bertz CT molecular complexity index is 1230. The van der Waals surface area contributed by atoms with E-state index in [9.17, 15) is 28.8 Å². The highest BCUT2D eigenvalue weighted by Crippen LogP contribution is 2.34. The molecule has 0 bridgehead atoms. The molecule has 0 spiro atoms. The summed E-state index contributed by atoms with van der Waals surface area (Å²) < 4.78 is 56.5. The minimum absolute atomic E-state index is 0.0415. The van der Waals surface area contributed by atoms with Crippen molar-refractivity contribution in [2.24, 2.45) is 0 Å². The predicted octanol–water partition coefficient (Wildman–Crippen LogP) is 0.891. The van der Waals surface area contributed by atoms with Gasteiger partial charge in [-0.25, -0.2) is 0 Å². The Balaban J connectivity index is 2.06. The van der Waals surface area contributed by atoms with Crippen molar-refractivity contribution >= 4 is 35.8 Å². The molecule has 0 aromatic heterocycles. The molecular weight excluding hydrogens is 616 g/mol. The first-order chi connectivity index (χ1) is 21.7. The molecule has 16 heteroatoms. The van der Waals surface area contributed by atoms with Crippen LogP contribution in [0.3, 0.4) is 0 Å². The van der Waals surface area contributed by atoms with E-state index in [2.05, 4.69) is 0 Å². The number of benzene rings is 1. The van der Waals surface area contributed by atoms with Gasteiger partial charge in [0.15, 0.2) is 49.2 Å². The third kappa shape index (κ3) is 10.8. The molecule has 2 aliphatic rings. The van der Waals surface area contributed by atoms with Gasteiger partial charge in [0.05, 0.1) is 13.2 Å². The van der Waals surface area contributed by atoms with Crippen molar-refractivity contribution in [2.45, 2.75) is 103 Å². The topological polar surface area (TPSA) is 195 Å². The lowest BCUT2D eigenvalue weighted by Crippen LogP contribution is -2.65. The van der Waals surface area contributed by atoms with E-state index in [0.29, 0.717) is 0 Å². The molecule has 0 radical (unpaired) electrons. The Labute approximate surface area is 264 Å². The van der Waals surface area contributed by atoms with Crippen LogP contribution in [-0.4, -0.2) is 104 Å². The van der Waals surface area contributed by atoms with Crippen molar-refractivity contribution in [2.75, 3.05) is 13.2 Å². The van der Waals surface area contributed by atoms with Gasteiger partial charge in [-0.05, 0) is 5.56 Å². The van der Waals surface area contributed by atoms with Gasteiger partial charge in [0.1, 0.15) is 12.7 Å². The van der Waals surface area contributed by atoms with E-state index >= 15 is 0 Å². The number of carbonyl (C=O) groups excluding carboxylic acids is 6. The monoisotopic (exact) mass is 654 g/mol. The minimum Gasteiger partial charge on any atom is -0.463 e. The van der Waals surface area contributed by atoms with Gasteiger partial charge < -0.3 is 47.4 Å². The second-order valence-electron chi connectivity index (χ2n) is 10.4. The van der Waals surface area contributed by atoms with Crippen LogP contribution in [0.4, 0.5) is 0 Å². The quantitative estimate of drug-likeness (QED) is 0.227. The molecule has 2 fully saturated rings. The maximum atomic E-state index is 12.4. The van der Waals surface area contributed by atoms with Crippen LogP contribution in [0.25, 0.3) is 0 Å². The van der Waals surface area contributed by atoms with Gasteiger partial charge in [-0.15, -0.1) is 0 Å². The van der Waals surface area contributed by atoms with Crippen molar-refractivity contribution in [3.8, 4) is 0 Å². The number of rotatable bonds is 12. The zero-order valence-electron chi connectivity index (χ0n) is 26.2. The van der Waals surface area contributed by atoms with Crippen LogP contribution < -0.4 is 0 Å². The summed E-state index contributed by atoms with van der Waals surface area (Å²) in [4.78, 5) is 72.2. The summed E-state index contributed by atoms with van der Waals surface area (Å²) in [5.41, 5.74) is 0.721. The molecule has 2 saturated heterocycles. The Hall–Kier alpha value is -4.12. The number of hydrogen-bond acceptors (Lipinski definition) is 16. The molecule has 1 aromatic rings. The second kappa shape index (κ2) is 17.0. The third-order valence-electron chi connectivity index (χ3n) is 6.50. The summed E-state index contributed by atoms with van der Waals surface area (Å²) >= 11 is 0. The summed E-state index contributed by atoms with van der Waals surface area (Å²) in [6.07, 6.45) is -12.6. The number of hydrogen-bond donors (Lipinski definition) is 0. The fourth-order valence-electron chi connectivity index (χ4n) is 4.88. The normalized spacial score (nSPS) is 29.0. The average molecular weight is 655 g/mol. The lowest BCUT2D eigenvalue weighted by molar-refractivity contribution is -0.359. The summed E-state index contributed by atoms with van der Waals surface area (Å²) in [5.74, 6) is -4.58. The van der Waals surface area contributed by atoms with Gasteiger partial charge in [0, 0.05) is 41.5 Å². The molecule has 16 nitrogen and oxygen atoms in total. The highest BCUT2D eigenvalue weighted by molar-refractivity contribution is 5.69. The maximum Gasteiger partial charge on any atom is 0.303 e. The van der Waals surface area contributed by atoms with E-state index in [1.54, 1.807) is 30.3 Å². The van der Waals surface area contributed by atoms with E-state index in [1.165, 1.54) is 6.92 Å². The molecule has 0 aliphatic carbocycles. The van der Waals surface area contributed by atoms with Crippen LogP contribution in [0, 0.1) is 0 Å². The van der Waals surface area contributed by atoms with E-state index < -0.39 is 97.7 Å². The van der Waals surface area contributed by atoms with Crippen LogP contribution in [0.15, 0.2) is 30.3 Å². The Morgan fingerprint density at radius 3 is 1.74 bits per heavy atom. The van der Waals surface area contributed by atoms with Gasteiger partial charge in [0.2, 0.25) is 0 Å². The molecule has 0 unspecified atom stereocenters. The van der Waals surface area contributed by atoms with Crippen LogP contribution in [0.1, 0.15) is 47.1 Å². The first-order valence-electron chi connectivity index (χ1n) is 14.3. The summed E-state index contributed by atoms with van der Waals surface area (Å²) in [6, 6.07) is 8.93. The SMILES string of the molecule is CC(=O)OC[C@H]1O[C@@H](OCc2ccccc2)[C@H](O[C@@H]2OC[C@@H](OC(C)=O)[C@H](OC(C)=O)[C@H]2OC(C)=O)[C@@H](OC(C)=O)[C@@H]1OC(C)=O. The van der Waals surface area contributed by atoms with E-state index in [0.717, 1.165) is 40.2 Å². The number of ether oxygens (including phenoxy) is 10. The lowest BCUT2D eigenvalue weighted by atomic mass is 9.97. The standard InChI is InChI=1S/C30H38O16/c1-15(31)37-13-23-24(41-17(3)33)26(43-19(5)35)28(29(45-23)38-12-21-10-8-7-9-11-21)46-30-27(44-20(6)36)25(42-18(4)34)22(14-39-30)40-16(2)32/h7-11,22-30H,12-14H2,1-6H3/t22-,23-,24-,25+,26+,27-,28-,29-,30+/m1/s1. The summed E-state index contributed by atoms with van der Waals surface area (Å²) in [5, 5.41) is 0. The van der Waals surface area contributed by atoms with Crippen molar-refractivity contribution in [1.82, 2.24) is 0 Å². The van der Waals surface area contributed by atoms with Crippen molar-refractivity contribution in [3.05, 3.63) is 35.9 Å². The van der Waals surface area contributed by atoms with Crippen LogP contribution in [0.2, 0.25) is 0 Å². The van der Waals surface area contributed by atoms with E-state index in [1.807, 2.05) is 0 Å². The molecule has 3 rings (SSSR count). The minimum atomic E-state index is -1.56. The van der Waals surface area contributed by atoms with Crippen LogP contribution in [-0.2, 0) is 82.7 Å². The van der Waals surface area contributed by atoms with Crippen LogP contribution >= 0.6 is 0 Å². The predicted molar refractivity (Wildman–Crippen MR) is 149 cm³/mol. The van der Waals surface area contributed by atoms with Gasteiger partial charge >= 0.3 is 35.8 Å². The molecule has 0 N–H and O–H groups in total. The van der Waals surface area contributed by atoms with Gasteiger partial charge in [0.25, 0.3) is 0 Å². The Morgan fingerprint density at radius 2 is 1.17 bits per heavy atom. The van der Waals surface area contributed by atoms with Crippen molar-refractivity contribution < 1.29 is 76.1 Å². The number of carbonyl (C=O) groups is 6. The molecule has 9 atom stereocenters. The highest BCUT2D eigenvalue weighted by Gasteiger charge is 2.55. The molecule has 1 aromatic carbocycles. The van der Waals surface area contributed by atoms with Crippen molar-refractivity contribution in [3.63, 3.8) is 0 Å². The summed E-state index contributed by atoms with van der Waals surface area (Å²) in [6.45, 7) is 5.88. The average Bonchev–Trinajstić information content (AvgIpc) is 2.95. The van der Waals surface area contributed by atoms with Gasteiger partial charge in [-0.3, -0.25) is 28.8 Å². The van der Waals surface area contributed by atoms with Gasteiger partial charge in [-0.1, -0.05) is 30.3 Å². The maximum absolute atomic E-state index is 12.4.